The van der Waals surface area contributed by atoms with Gasteiger partial charge in [0.2, 0.25) is 5.43 Å². The van der Waals surface area contributed by atoms with Crippen LogP contribution >= 0.6 is 0 Å². The summed E-state index contributed by atoms with van der Waals surface area (Å²) in [5, 5.41) is 13.4. The van der Waals surface area contributed by atoms with Gasteiger partial charge in [0.15, 0.2) is 30.4 Å². The Kier molecular flexibility index (Phi) is 12.9. The molecule has 0 heterocycles. The van der Waals surface area contributed by atoms with E-state index in [2.05, 4.69) is 29.4 Å². The average molecular weight is 883 g/mol. The second-order valence-corrected chi connectivity index (χ2v) is 19.5. The van der Waals surface area contributed by atoms with E-state index in [-0.39, 0.29) is 5.56 Å². The molecule has 3 aromatic carbocycles. The van der Waals surface area contributed by atoms with Crippen molar-refractivity contribution in [2.75, 3.05) is 41.3 Å². The summed E-state index contributed by atoms with van der Waals surface area (Å²) in [5.74, 6) is -2.15. The summed E-state index contributed by atoms with van der Waals surface area (Å²) >= 11 is 0. The van der Waals surface area contributed by atoms with Crippen molar-refractivity contribution in [3.63, 3.8) is 0 Å². The molecule has 0 bridgehead atoms. The minimum Gasteiger partial charge on any atom is -0.397 e. The molecule has 3 aromatic rings. The molecule has 0 aliphatic carbocycles. The zero-order valence-corrected chi connectivity index (χ0v) is 31.5. The van der Waals surface area contributed by atoms with E-state index in [0.29, 0.717) is 12.1 Å². The van der Waals surface area contributed by atoms with Crippen molar-refractivity contribution in [2.24, 2.45) is 10.2 Å². The molecule has 0 aliphatic heterocycles. The first-order valence-electron chi connectivity index (χ1n) is 13.6. The van der Waals surface area contributed by atoms with Crippen molar-refractivity contribution in [2.45, 2.75) is 26.5 Å². The molecule has 9 N–H and O–H groups in total. The highest BCUT2D eigenvalue weighted by Crippen LogP contribution is 2.27. The predicted molar refractivity (Wildman–Crippen MR) is 180 cm³/mol. The number of nitrogens with one attached hydrogen (secondary N) is 3. The largest absolute Gasteiger partial charge is 0.397 e. The van der Waals surface area contributed by atoms with E-state index >= 15 is 0 Å². The highest BCUT2D eigenvalue weighted by Gasteiger charge is 2.25. The molecule has 0 saturated heterocycles. The van der Waals surface area contributed by atoms with Gasteiger partial charge in [-0.15, -0.1) is 0 Å². The van der Waals surface area contributed by atoms with Crippen LogP contribution in [0.1, 0.15) is 5.56 Å². The summed E-state index contributed by atoms with van der Waals surface area (Å²) in [6.07, 6.45) is 0. The molecule has 0 spiro atoms. The molecule has 298 valence electrons. The molecule has 0 saturated carbocycles. The maximum absolute atomic E-state index is 13.4. The van der Waals surface area contributed by atoms with Crippen LogP contribution < -0.4 is 38.1 Å². The number of sulfone groups is 2. The van der Waals surface area contributed by atoms with Crippen LogP contribution in [0, 0.1) is 12.3 Å². The van der Waals surface area contributed by atoms with Crippen LogP contribution in [0.4, 0.5) is 17.1 Å². The lowest BCUT2D eigenvalue weighted by Gasteiger charge is -2.10. The van der Waals surface area contributed by atoms with E-state index in [0.717, 1.165) is 24.3 Å². The second-order valence-electron chi connectivity index (χ2n) is 10.3. The Labute approximate surface area is 305 Å². The van der Waals surface area contributed by atoms with Gasteiger partial charge < -0.3 is 5.73 Å². The molecule has 0 radical (unpaired) electrons. The zero-order chi connectivity index (χ0) is 41.2. The topological polar surface area (TPSA) is 420 Å². The van der Waals surface area contributed by atoms with Crippen LogP contribution in [0.3, 0.4) is 0 Å². The first-order valence-corrected chi connectivity index (χ1v) is 22.6. The Morgan fingerprint density at radius 1 is 0.667 bits per heavy atom. The number of benzene rings is 3. The second kappa shape index (κ2) is 15.8. The van der Waals surface area contributed by atoms with Gasteiger partial charge in [-0.3, -0.25) is 39.3 Å². The van der Waals surface area contributed by atoms with Crippen molar-refractivity contribution in [3.8, 4) is 0 Å². The average Bonchev–Trinajstić information content (AvgIpc) is 3.01. The molecule has 3 rings (SSSR count). The van der Waals surface area contributed by atoms with Crippen molar-refractivity contribution in [3.05, 3.63) is 68.3 Å². The van der Waals surface area contributed by atoms with E-state index in [4.69, 9.17) is 20.2 Å². The van der Waals surface area contributed by atoms with Gasteiger partial charge in [0.1, 0.15) is 9.79 Å². The molecule has 0 unspecified atom stereocenters. The molecule has 0 aliphatic rings. The van der Waals surface area contributed by atoms with Gasteiger partial charge in [-0.25, -0.2) is 25.2 Å². The number of nitrogens with zero attached hydrogens (tertiary/aromatic N) is 2. The van der Waals surface area contributed by atoms with Gasteiger partial charge in [-0.2, -0.15) is 43.9 Å². The van der Waals surface area contributed by atoms with E-state index in [1.165, 1.54) is 6.92 Å². The Bertz CT molecular complexity index is 2930. The molecular weight excluding hydrogens is 857 g/mol. The Morgan fingerprint density at radius 3 is 1.39 bits per heavy atom. The number of nitrogen functional groups attached to an aromatic ring is 1. The lowest BCUT2D eigenvalue weighted by Crippen LogP contribution is -2.51. The monoisotopic (exact) mass is 882 g/mol. The van der Waals surface area contributed by atoms with Crippen molar-refractivity contribution < 1.29 is 77.1 Å². The highest BCUT2D eigenvalue weighted by atomic mass is 32.3. The number of nitrogens with two attached hydrogens (primary N) is 1. The summed E-state index contributed by atoms with van der Waals surface area (Å²) in [7, 11) is -29.6. The number of hydrogen-bond acceptors (Lipinski definition) is 21. The summed E-state index contributed by atoms with van der Waals surface area (Å²) in [6.45, 7) is -0.935. The fraction of sp³-hybridized carbons (Fsp3) is 0.217. The van der Waals surface area contributed by atoms with Crippen LogP contribution in [-0.4, -0.2) is 93.4 Å². The smallest absolute Gasteiger partial charge is 0.397 e. The zero-order valence-electron chi connectivity index (χ0n) is 26.6. The van der Waals surface area contributed by atoms with Gasteiger partial charge in [0.05, 0.1) is 56.9 Å². The summed E-state index contributed by atoms with van der Waals surface area (Å²) < 4.78 is 186. The third-order valence-electron chi connectivity index (χ3n) is 6.63. The molecule has 31 heteroatoms. The van der Waals surface area contributed by atoms with Gasteiger partial charge in [-0.05, 0) is 43.3 Å². The summed E-state index contributed by atoms with van der Waals surface area (Å²) in [6, 6.07) is 3.98. The van der Waals surface area contributed by atoms with Gasteiger partial charge in [0.25, 0.3) is 20.2 Å². The lowest BCUT2D eigenvalue weighted by molar-refractivity contribution is 0.282. The molecular formula is C23H26N6O19S6. The van der Waals surface area contributed by atoms with Gasteiger partial charge in [0, 0.05) is 5.56 Å². The molecule has 0 fully saturated rings. The number of rotatable bonds is 16. The minimum absolute atomic E-state index is 0.178. The Morgan fingerprint density at radius 2 is 1.04 bits per heavy atom. The quantitative estimate of drug-likeness (QED) is 0.0399. The van der Waals surface area contributed by atoms with Gasteiger partial charge >= 0.3 is 20.8 Å². The Hall–Kier alpha value is -4.28. The van der Waals surface area contributed by atoms with E-state index in [9.17, 15) is 64.4 Å². The Balaban J connectivity index is 2.10. The SMILES string of the molecule is Cc1c(N)c(=NNc2ccc(S(=O)(=O)CCOS(=O)(=O)O)cc2S(=O)(=O)O)c(=O)c(=NNc2ccc(S(=O)(=O)CCOS(=O)(=O)O)cc2S(=O)(=O)O)c1=N. The predicted octanol–water partition coefficient (Wildman–Crippen LogP) is -3.17. The summed E-state index contributed by atoms with van der Waals surface area (Å²) in [4.78, 5) is 9.58. The molecule has 0 aromatic heterocycles. The summed E-state index contributed by atoms with van der Waals surface area (Å²) in [5.41, 5.74) is 6.89. The normalized spacial score (nSPS) is 13.9. The van der Waals surface area contributed by atoms with Crippen molar-refractivity contribution >= 4 is 77.8 Å². The first kappa shape index (κ1) is 44.1. The maximum Gasteiger partial charge on any atom is 0.397 e. The van der Waals surface area contributed by atoms with Gasteiger partial charge in [-0.1, -0.05) is 0 Å². The van der Waals surface area contributed by atoms with E-state index in [1.54, 1.807) is 0 Å². The minimum atomic E-state index is -5.26. The van der Waals surface area contributed by atoms with E-state index < -0.39 is 144 Å². The number of anilines is 3. The fourth-order valence-electron chi connectivity index (χ4n) is 4.03. The first-order chi connectivity index (χ1) is 24.4. The molecule has 54 heavy (non-hydrogen) atoms. The highest BCUT2D eigenvalue weighted by molar-refractivity contribution is 7.92. The van der Waals surface area contributed by atoms with Crippen molar-refractivity contribution in [1.82, 2.24) is 0 Å². The third kappa shape index (κ3) is 11.4. The standard InChI is InChI=1S/C23H26N6O19S6/c1-12-19(24)21(28-26-15-4-2-13(10-17(15)51(35,36)37)49(31,32)8-6-47-53(41,42)43)23(30)22(20(12)25)29-27-16-5-3-14(11-18(16)52(38,39)40)50(33,34)9-7-48-54(44,45)46/h2-5,10-11,24,26-27H,6-9,25H2,1H3,(H,35,36,37)(H,38,39,40)(H,41,42,43)(H,44,45,46). The lowest BCUT2D eigenvalue weighted by atomic mass is 10.1. The number of hydrogen-bond donors (Lipinski definition) is 8. The molecule has 25 nitrogen and oxygen atoms in total. The fourth-order valence-corrected chi connectivity index (χ4v) is 8.53. The molecule has 0 amide bonds. The molecule has 0 atom stereocenters. The van der Waals surface area contributed by atoms with Crippen molar-refractivity contribution in [1.29, 1.82) is 5.41 Å². The van der Waals surface area contributed by atoms with Crippen LogP contribution in [0.5, 0.6) is 0 Å². The van der Waals surface area contributed by atoms with Crippen LogP contribution in [0.2, 0.25) is 0 Å². The third-order valence-corrected chi connectivity index (χ3v) is 12.7. The van der Waals surface area contributed by atoms with Crippen LogP contribution in [-0.2, 0) is 69.1 Å². The van der Waals surface area contributed by atoms with E-state index in [1.807, 2.05) is 0 Å². The van der Waals surface area contributed by atoms with Crippen LogP contribution in [0.25, 0.3) is 0 Å². The van der Waals surface area contributed by atoms with Crippen LogP contribution in [0.15, 0.2) is 71.0 Å². The maximum atomic E-state index is 13.4.